The Morgan fingerprint density at radius 1 is 1.39 bits per heavy atom. The smallest absolute Gasteiger partial charge is 0.289 e. The van der Waals surface area contributed by atoms with Crippen LogP contribution in [0.15, 0.2) is 17.0 Å². The van der Waals surface area contributed by atoms with E-state index in [0.29, 0.717) is 11.1 Å². The third-order valence-electron chi connectivity index (χ3n) is 3.75. The minimum atomic E-state index is -3.96. The quantitative estimate of drug-likeness (QED) is 0.628. The Balaban J connectivity index is 0.00000264. The number of nitro groups is 1. The van der Waals surface area contributed by atoms with Crippen molar-refractivity contribution in [3.05, 3.63) is 33.4 Å². The van der Waals surface area contributed by atoms with Crippen LogP contribution < -0.4 is 5.73 Å². The molecule has 1 aromatic carbocycles. The molecule has 0 saturated carbocycles. The monoisotopic (exact) mass is 365 g/mol. The molecule has 0 aromatic heterocycles. The number of nitro benzene ring substituents is 1. The van der Waals surface area contributed by atoms with Gasteiger partial charge in [0.25, 0.3) is 5.69 Å². The number of hydrogen-bond acceptors (Lipinski definition) is 6. The first-order valence-corrected chi connectivity index (χ1v) is 8.29. The zero-order valence-electron chi connectivity index (χ0n) is 12.9. The van der Waals surface area contributed by atoms with E-state index in [0.717, 1.165) is 0 Å². The molecule has 1 unspecified atom stereocenters. The normalized spacial score (nSPS) is 19.2. The third kappa shape index (κ3) is 3.99. The summed E-state index contributed by atoms with van der Waals surface area (Å²) in [6.07, 6.45) is -0.394. The average Bonchev–Trinajstić information content (AvgIpc) is 2.49. The fourth-order valence-electron chi connectivity index (χ4n) is 2.32. The predicted molar refractivity (Wildman–Crippen MR) is 87.4 cm³/mol. The molecule has 0 bridgehead atoms. The second kappa shape index (κ2) is 7.54. The number of ether oxygens (including phenoxy) is 1. The van der Waals surface area contributed by atoms with E-state index in [1.165, 1.54) is 16.4 Å². The first kappa shape index (κ1) is 19.8. The number of nitrogens with two attached hydrogens (primary N) is 1. The lowest BCUT2D eigenvalue weighted by Crippen LogP contribution is -2.48. The topological polar surface area (TPSA) is 116 Å². The van der Waals surface area contributed by atoms with E-state index >= 15 is 0 Å². The molecule has 1 atom stereocenters. The van der Waals surface area contributed by atoms with Gasteiger partial charge in [0.2, 0.25) is 10.0 Å². The van der Waals surface area contributed by atoms with E-state index in [-0.39, 0.29) is 43.5 Å². The van der Waals surface area contributed by atoms with Crippen molar-refractivity contribution in [3.8, 4) is 0 Å². The zero-order chi connectivity index (χ0) is 16.5. The van der Waals surface area contributed by atoms with Crippen molar-refractivity contribution >= 4 is 28.1 Å². The summed E-state index contributed by atoms with van der Waals surface area (Å²) in [7, 11) is -3.96. The Morgan fingerprint density at radius 3 is 2.57 bits per heavy atom. The van der Waals surface area contributed by atoms with Crippen molar-refractivity contribution in [1.29, 1.82) is 0 Å². The van der Waals surface area contributed by atoms with Crippen LogP contribution in [0.5, 0.6) is 0 Å². The van der Waals surface area contributed by atoms with Crippen molar-refractivity contribution in [2.24, 2.45) is 5.73 Å². The van der Waals surface area contributed by atoms with E-state index in [1.54, 1.807) is 13.8 Å². The molecule has 1 aliphatic rings. The second-order valence-electron chi connectivity index (χ2n) is 5.25. The van der Waals surface area contributed by atoms with Gasteiger partial charge in [-0.2, -0.15) is 4.31 Å². The van der Waals surface area contributed by atoms with Gasteiger partial charge in [0.15, 0.2) is 4.90 Å². The minimum absolute atomic E-state index is 0. The maximum atomic E-state index is 12.8. The fourth-order valence-corrected chi connectivity index (χ4v) is 4.00. The molecular weight excluding hydrogens is 346 g/mol. The van der Waals surface area contributed by atoms with Gasteiger partial charge in [-0.15, -0.1) is 12.4 Å². The van der Waals surface area contributed by atoms with Gasteiger partial charge >= 0.3 is 0 Å². The first-order chi connectivity index (χ1) is 10.3. The van der Waals surface area contributed by atoms with Crippen molar-refractivity contribution in [2.45, 2.75) is 24.8 Å². The van der Waals surface area contributed by atoms with Crippen LogP contribution in [0.2, 0.25) is 0 Å². The summed E-state index contributed by atoms with van der Waals surface area (Å²) >= 11 is 0. The Bertz CT molecular complexity index is 695. The van der Waals surface area contributed by atoms with Crippen LogP contribution in [0, 0.1) is 24.0 Å². The molecule has 23 heavy (non-hydrogen) atoms. The van der Waals surface area contributed by atoms with E-state index in [9.17, 15) is 18.5 Å². The molecule has 10 heteroatoms. The summed E-state index contributed by atoms with van der Waals surface area (Å²) < 4.78 is 32.1. The lowest BCUT2D eigenvalue weighted by atomic mass is 10.1. The molecule has 0 spiro atoms. The number of benzene rings is 1. The molecule has 2 rings (SSSR count). The molecule has 1 fully saturated rings. The number of aryl methyl sites for hydroxylation is 2. The van der Waals surface area contributed by atoms with E-state index < -0.39 is 26.7 Å². The van der Waals surface area contributed by atoms with Crippen LogP contribution in [-0.4, -0.2) is 50.0 Å². The van der Waals surface area contributed by atoms with Crippen LogP contribution in [0.25, 0.3) is 0 Å². The van der Waals surface area contributed by atoms with Crippen LogP contribution >= 0.6 is 12.4 Å². The Labute approximate surface area is 141 Å². The Kier molecular flexibility index (Phi) is 6.49. The summed E-state index contributed by atoms with van der Waals surface area (Å²) in [6.45, 7) is 4.10. The fraction of sp³-hybridized carbons (Fsp3) is 0.538. The Morgan fingerprint density at radius 2 is 2.00 bits per heavy atom. The van der Waals surface area contributed by atoms with Gasteiger partial charge in [-0.25, -0.2) is 8.42 Å². The molecule has 130 valence electrons. The van der Waals surface area contributed by atoms with Gasteiger partial charge in [-0.1, -0.05) is 0 Å². The molecule has 1 aliphatic heterocycles. The van der Waals surface area contributed by atoms with Crippen LogP contribution in [-0.2, 0) is 14.8 Å². The zero-order valence-corrected chi connectivity index (χ0v) is 14.5. The van der Waals surface area contributed by atoms with E-state index in [1.807, 2.05) is 0 Å². The van der Waals surface area contributed by atoms with Crippen LogP contribution in [0.3, 0.4) is 0 Å². The minimum Gasteiger partial charge on any atom is -0.374 e. The number of halogens is 1. The van der Waals surface area contributed by atoms with Crippen molar-refractivity contribution < 1.29 is 18.1 Å². The van der Waals surface area contributed by atoms with Gasteiger partial charge in [0.1, 0.15) is 0 Å². The molecule has 1 heterocycles. The summed E-state index contributed by atoms with van der Waals surface area (Å²) in [4.78, 5) is 10.3. The highest BCUT2D eigenvalue weighted by molar-refractivity contribution is 7.89. The molecule has 8 nitrogen and oxygen atoms in total. The third-order valence-corrected chi connectivity index (χ3v) is 5.65. The van der Waals surface area contributed by atoms with Crippen molar-refractivity contribution in [1.82, 2.24) is 4.31 Å². The maximum absolute atomic E-state index is 12.8. The molecule has 1 aromatic rings. The number of hydrogen-bond donors (Lipinski definition) is 1. The highest BCUT2D eigenvalue weighted by Crippen LogP contribution is 2.30. The SMILES string of the molecule is Cc1cc([N+](=O)[O-])c(S(=O)(=O)N2CCOC(CN)C2)cc1C.Cl. The van der Waals surface area contributed by atoms with Gasteiger partial charge in [-0.3, -0.25) is 10.1 Å². The molecular formula is C13H20ClN3O5S. The second-order valence-corrected chi connectivity index (χ2v) is 7.16. The molecule has 1 saturated heterocycles. The molecule has 2 N–H and O–H groups in total. The Hall–Kier alpha value is -1.26. The van der Waals surface area contributed by atoms with Gasteiger partial charge in [0.05, 0.1) is 17.6 Å². The standard InChI is InChI=1S/C13H19N3O5S.ClH/c1-9-5-12(16(17)18)13(6-10(9)2)22(19,20)15-3-4-21-11(7-14)8-15;/h5-6,11H,3-4,7-8,14H2,1-2H3;1H. The van der Waals surface area contributed by atoms with Crippen LogP contribution in [0.1, 0.15) is 11.1 Å². The number of rotatable bonds is 4. The van der Waals surface area contributed by atoms with E-state index in [2.05, 4.69) is 0 Å². The lowest BCUT2D eigenvalue weighted by molar-refractivity contribution is -0.387. The van der Waals surface area contributed by atoms with Crippen LogP contribution in [0.4, 0.5) is 5.69 Å². The summed E-state index contributed by atoms with van der Waals surface area (Å²) in [5.41, 5.74) is 6.47. The molecule has 0 aliphatic carbocycles. The number of nitrogens with zero attached hydrogens (tertiary/aromatic N) is 2. The summed E-state index contributed by atoms with van der Waals surface area (Å²) in [6, 6.07) is 2.65. The van der Waals surface area contributed by atoms with Crippen molar-refractivity contribution in [2.75, 3.05) is 26.2 Å². The number of sulfonamides is 1. The molecule has 0 amide bonds. The lowest BCUT2D eigenvalue weighted by Gasteiger charge is -2.31. The average molecular weight is 366 g/mol. The van der Waals surface area contributed by atoms with Gasteiger partial charge in [-0.05, 0) is 31.0 Å². The first-order valence-electron chi connectivity index (χ1n) is 6.85. The highest BCUT2D eigenvalue weighted by atomic mass is 35.5. The summed E-state index contributed by atoms with van der Waals surface area (Å²) in [5.74, 6) is 0. The highest BCUT2D eigenvalue weighted by Gasteiger charge is 2.35. The predicted octanol–water partition coefficient (Wildman–Crippen LogP) is 0.982. The molecule has 0 radical (unpaired) electrons. The van der Waals surface area contributed by atoms with Gasteiger partial charge in [0, 0.05) is 25.7 Å². The largest absolute Gasteiger partial charge is 0.374 e. The summed E-state index contributed by atoms with van der Waals surface area (Å²) in [5, 5.41) is 11.2. The van der Waals surface area contributed by atoms with Gasteiger partial charge < -0.3 is 10.5 Å². The van der Waals surface area contributed by atoms with Crippen molar-refractivity contribution in [3.63, 3.8) is 0 Å². The van der Waals surface area contributed by atoms with E-state index in [4.69, 9.17) is 10.5 Å². The maximum Gasteiger partial charge on any atom is 0.289 e. The number of morpholine rings is 1.